The zero-order valence-corrected chi connectivity index (χ0v) is 17.9. The Balaban J connectivity index is 2.05. The minimum atomic E-state index is -0.606. The van der Waals surface area contributed by atoms with E-state index in [0.717, 1.165) is 0 Å². The van der Waals surface area contributed by atoms with Crippen LogP contribution in [0.5, 0.6) is 17.2 Å². The maximum absolute atomic E-state index is 12.9. The number of nitrogens with zero attached hydrogens (tertiary/aromatic N) is 1. The number of alkyl halides is 1. The zero-order valence-electron chi connectivity index (χ0n) is 17.1. The van der Waals surface area contributed by atoms with Crippen LogP contribution in [-0.4, -0.2) is 63.1 Å². The summed E-state index contributed by atoms with van der Waals surface area (Å²) < 4.78 is 16.0. The zero-order chi connectivity index (χ0) is 20.9. The Labute approximate surface area is 171 Å². The third kappa shape index (κ3) is 4.82. The molecule has 28 heavy (non-hydrogen) atoms. The van der Waals surface area contributed by atoms with Gasteiger partial charge in [0, 0.05) is 30.6 Å². The van der Waals surface area contributed by atoms with Crippen LogP contribution < -0.4 is 19.5 Å². The molecule has 1 aliphatic rings. The van der Waals surface area contributed by atoms with Gasteiger partial charge in [0.2, 0.25) is 11.7 Å². The standard InChI is InChI=1S/C20H29ClN2O5/c1-20(2,12-21)19(25)22-14-6-8-23(9-7-14)18(24)13-10-15(26-3)17(28-5)16(11-13)27-4/h10-11,14H,6-9,12H2,1-5H3,(H,22,25). The second-order valence-corrected chi connectivity index (χ2v) is 7.74. The van der Waals surface area contributed by atoms with Crippen molar-refractivity contribution < 1.29 is 23.8 Å². The summed E-state index contributed by atoms with van der Waals surface area (Å²) in [6.45, 7) is 4.75. The van der Waals surface area contributed by atoms with E-state index in [1.165, 1.54) is 21.3 Å². The van der Waals surface area contributed by atoms with E-state index in [0.29, 0.717) is 48.7 Å². The number of piperidine rings is 1. The molecule has 0 spiro atoms. The first-order chi connectivity index (χ1) is 13.3. The molecule has 8 heteroatoms. The lowest BCUT2D eigenvalue weighted by Gasteiger charge is -2.34. The number of benzene rings is 1. The van der Waals surface area contributed by atoms with Gasteiger partial charge in [-0.15, -0.1) is 11.6 Å². The number of amides is 2. The average Bonchev–Trinajstić information content (AvgIpc) is 2.72. The molecule has 1 aliphatic heterocycles. The lowest BCUT2D eigenvalue weighted by atomic mass is 9.93. The number of halogens is 1. The molecule has 7 nitrogen and oxygen atoms in total. The number of ether oxygens (including phenoxy) is 3. The Morgan fingerprint density at radius 3 is 2.07 bits per heavy atom. The number of rotatable bonds is 7. The van der Waals surface area contributed by atoms with E-state index >= 15 is 0 Å². The van der Waals surface area contributed by atoms with E-state index in [9.17, 15) is 9.59 Å². The smallest absolute Gasteiger partial charge is 0.254 e. The van der Waals surface area contributed by atoms with E-state index in [1.807, 2.05) is 13.8 Å². The quantitative estimate of drug-likeness (QED) is 0.697. The van der Waals surface area contributed by atoms with Crippen LogP contribution >= 0.6 is 11.6 Å². The summed E-state index contributed by atoms with van der Waals surface area (Å²) in [5.74, 6) is 1.43. The molecule has 156 valence electrons. The summed E-state index contributed by atoms with van der Waals surface area (Å²) in [5.41, 5.74) is -0.134. The summed E-state index contributed by atoms with van der Waals surface area (Å²) in [4.78, 5) is 27.0. The first-order valence-corrected chi connectivity index (χ1v) is 9.77. The molecule has 0 radical (unpaired) electrons. The number of methoxy groups -OCH3 is 3. The van der Waals surface area contributed by atoms with Crippen LogP contribution in [0.15, 0.2) is 12.1 Å². The number of likely N-dealkylation sites (tertiary alicyclic amines) is 1. The van der Waals surface area contributed by atoms with Crippen LogP contribution in [0.4, 0.5) is 0 Å². The summed E-state index contributed by atoms with van der Waals surface area (Å²) in [6.07, 6.45) is 1.39. The van der Waals surface area contributed by atoms with Gasteiger partial charge in [-0.3, -0.25) is 9.59 Å². The third-order valence-corrected chi connectivity index (χ3v) is 5.65. The highest BCUT2D eigenvalue weighted by Crippen LogP contribution is 2.38. The molecule has 2 amide bonds. The molecule has 0 aliphatic carbocycles. The van der Waals surface area contributed by atoms with E-state index in [1.54, 1.807) is 17.0 Å². The lowest BCUT2D eigenvalue weighted by Crippen LogP contribution is -2.49. The van der Waals surface area contributed by atoms with Gasteiger partial charge >= 0.3 is 0 Å². The van der Waals surface area contributed by atoms with Crippen LogP contribution in [-0.2, 0) is 4.79 Å². The van der Waals surface area contributed by atoms with Crippen molar-refractivity contribution in [3.8, 4) is 17.2 Å². The summed E-state index contributed by atoms with van der Waals surface area (Å²) in [5, 5.41) is 3.04. The molecule has 0 bridgehead atoms. The van der Waals surface area contributed by atoms with Crippen molar-refractivity contribution in [2.45, 2.75) is 32.7 Å². The molecular weight excluding hydrogens is 384 g/mol. The maximum atomic E-state index is 12.9. The van der Waals surface area contributed by atoms with E-state index in [-0.39, 0.29) is 23.7 Å². The number of hydrogen-bond acceptors (Lipinski definition) is 5. The Bertz CT molecular complexity index is 690. The van der Waals surface area contributed by atoms with Gasteiger partial charge in [0.05, 0.1) is 26.7 Å². The number of hydrogen-bond donors (Lipinski definition) is 1. The molecule has 1 saturated heterocycles. The first-order valence-electron chi connectivity index (χ1n) is 9.23. The van der Waals surface area contributed by atoms with Gasteiger partial charge in [-0.05, 0) is 38.8 Å². The first kappa shape index (κ1) is 22.1. The Kier molecular flexibility index (Phi) is 7.41. The molecule has 0 atom stereocenters. The van der Waals surface area contributed by atoms with Crippen LogP contribution in [0.25, 0.3) is 0 Å². The Morgan fingerprint density at radius 2 is 1.64 bits per heavy atom. The van der Waals surface area contributed by atoms with Crippen LogP contribution in [0.3, 0.4) is 0 Å². The van der Waals surface area contributed by atoms with E-state index < -0.39 is 5.41 Å². The van der Waals surface area contributed by atoms with Gasteiger partial charge in [-0.25, -0.2) is 0 Å². The highest BCUT2D eigenvalue weighted by Gasteiger charge is 2.31. The van der Waals surface area contributed by atoms with Crippen molar-refractivity contribution in [1.82, 2.24) is 10.2 Å². The number of nitrogens with one attached hydrogen (secondary N) is 1. The monoisotopic (exact) mass is 412 g/mol. The van der Waals surface area contributed by atoms with Crippen molar-refractivity contribution in [2.24, 2.45) is 5.41 Å². The summed E-state index contributed by atoms with van der Waals surface area (Å²) in [6, 6.07) is 3.35. The molecule has 1 aromatic rings. The minimum absolute atomic E-state index is 0.0407. The van der Waals surface area contributed by atoms with Gasteiger partial charge in [0.25, 0.3) is 5.91 Å². The second kappa shape index (κ2) is 9.37. The summed E-state index contributed by atoms with van der Waals surface area (Å²) in [7, 11) is 4.55. The highest BCUT2D eigenvalue weighted by molar-refractivity contribution is 6.19. The van der Waals surface area contributed by atoms with Crippen molar-refractivity contribution in [3.05, 3.63) is 17.7 Å². The van der Waals surface area contributed by atoms with Crippen LogP contribution in [0, 0.1) is 5.41 Å². The molecule has 0 unspecified atom stereocenters. The normalized spacial score (nSPS) is 15.1. The molecule has 1 heterocycles. The third-order valence-electron chi connectivity index (χ3n) is 4.98. The van der Waals surface area contributed by atoms with Crippen molar-refractivity contribution >= 4 is 23.4 Å². The predicted molar refractivity (Wildman–Crippen MR) is 108 cm³/mol. The molecule has 1 fully saturated rings. The van der Waals surface area contributed by atoms with Gasteiger partial charge in [-0.2, -0.15) is 0 Å². The highest BCUT2D eigenvalue weighted by atomic mass is 35.5. The van der Waals surface area contributed by atoms with E-state index in [2.05, 4.69) is 5.32 Å². The molecule has 0 aromatic heterocycles. The molecule has 1 aromatic carbocycles. The number of carbonyl (C=O) groups excluding carboxylic acids is 2. The molecule has 1 N–H and O–H groups in total. The average molecular weight is 413 g/mol. The fraction of sp³-hybridized carbons (Fsp3) is 0.600. The van der Waals surface area contributed by atoms with Crippen molar-refractivity contribution in [2.75, 3.05) is 40.3 Å². The fourth-order valence-electron chi connectivity index (χ4n) is 3.06. The van der Waals surface area contributed by atoms with Crippen LogP contribution in [0.1, 0.15) is 37.0 Å². The van der Waals surface area contributed by atoms with Crippen molar-refractivity contribution in [3.63, 3.8) is 0 Å². The van der Waals surface area contributed by atoms with E-state index in [4.69, 9.17) is 25.8 Å². The largest absolute Gasteiger partial charge is 0.493 e. The number of carbonyl (C=O) groups is 2. The Morgan fingerprint density at radius 1 is 1.11 bits per heavy atom. The topological polar surface area (TPSA) is 77.1 Å². The molecule has 0 saturated carbocycles. The SMILES string of the molecule is COc1cc(C(=O)N2CCC(NC(=O)C(C)(C)CCl)CC2)cc(OC)c1OC. The van der Waals surface area contributed by atoms with Gasteiger partial charge in [-0.1, -0.05) is 0 Å². The van der Waals surface area contributed by atoms with Crippen LogP contribution in [0.2, 0.25) is 0 Å². The lowest BCUT2D eigenvalue weighted by molar-refractivity contribution is -0.129. The van der Waals surface area contributed by atoms with Gasteiger partial charge < -0.3 is 24.4 Å². The minimum Gasteiger partial charge on any atom is -0.493 e. The molecular formula is C20H29ClN2O5. The second-order valence-electron chi connectivity index (χ2n) is 7.47. The predicted octanol–water partition coefficient (Wildman–Crippen LogP) is 2.70. The maximum Gasteiger partial charge on any atom is 0.254 e. The summed E-state index contributed by atoms with van der Waals surface area (Å²) >= 11 is 5.87. The fourth-order valence-corrected chi connectivity index (χ4v) is 3.18. The van der Waals surface area contributed by atoms with Gasteiger partial charge in [0.1, 0.15) is 0 Å². The van der Waals surface area contributed by atoms with Crippen molar-refractivity contribution in [1.29, 1.82) is 0 Å². The van der Waals surface area contributed by atoms with Gasteiger partial charge in [0.15, 0.2) is 11.5 Å². The Hall–Kier alpha value is -2.15. The molecule has 2 rings (SSSR count).